The molecule has 0 saturated carbocycles. The number of aliphatic imine (C=N–C) groups is 1. The van der Waals surface area contributed by atoms with Crippen LogP contribution in [0, 0.1) is 9.39 Å². The minimum Gasteiger partial charge on any atom is -0.386 e. The van der Waals surface area contributed by atoms with Crippen molar-refractivity contribution >= 4 is 40.0 Å². The summed E-state index contributed by atoms with van der Waals surface area (Å²) in [5, 5.41) is 2.66. The SMILES string of the molecule is CC1(c2cccc(NC(=O)c3ncc(I)cc3F)c2)COCC(N)=N1. The van der Waals surface area contributed by atoms with E-state index in [1.165, 1.54) is 12.3 Å². The van der Waals surface area contributed by atoms with Gasteiger partial charge in [-0.3, -0.25) is 9.79 Å². The van der Waals surface area contributed by atoms with Gasteiger partial charge in [-0.2, -0.15) is 0 Å². The highest BCUT2D eigenvalue weighted by Gasteiger charge is 2.30. The fourth-order valence-electron chi connectivity index (χ4n) is 2.59. The summed E-state index contributed by atoms with van der Waals surface area (Å²) in [7, 11) is 0. The molecule has 1 unspecified atom stereocenters. The molecule has 0 saturated heterocycles. The van der Waals surface area contributed by atoms with E-state index in [4.69, 9.17) is 10.5 Å². The smallest absolute Gasteiger partial charge is 0.277 e. The molecule has 1 aromatic carbocycles. The van der Waals surface area contributed by atoms with Crippen molar-refractivity contribution in [3.8, 4) is 0 Å². The Hall–Kier alpha value is -2.07. The molecule has 2 heterocycles. The summed E-state index contributed by atoms with van der Waals surface area (Å²) in [4.78, 5) is 20.6. The van der Waals surface area contributed by atoms with Gasteiger partial charge in [0.2, 0.25) is 0 Å². The molecule has 0 spiro atoms. The van der Waals surface area contributed by atoms with Crippen LogP contribution >= 0.6 is 22.6 Å². The number of nitrogens with two attached hydrogens (primary N) is 1. The number of aromatic nitrogens is 1. The number of amidine groups is 1. The number of ether oxygens (including phenoxy) is 1. The number of amides is 1. The summed E-state index contributed by atoms with van der Waals surface area (Å²) in [6, 6.07) is 8.41. The van der Waals surface area contributed by atoms with E-state index in [2.05, 4.69) is 15.3 Å². The van der Waals surface area contributed by atoms with Crippen LogP contribution in [0.25, 0.3) is 0 Å². The van der Waals surface area contributed by atoms with Gasteiger partial charge in [-0.25, -0.2) is 9.37 Å². The number of carbonyl (C=O) groups is 1. The molecule has 25 heavy (non-hydrogen) atoms. The second kappa shape index (κ2) is 7.04. The Morgan fingerprint density at radius 2 is 2.24 bits per heavy atom. The van der Waals surface area contributed by atoms with Gasteiger partial charge in [-0.1, -0.05) is 12.1 Å². The van der Waals surface area contributed by atoms with Crippen molar-refractivity contribution in [2.24, 2.45) is 10.7 Å². The van der Waals surface area contributed by atoms with Crippen molar-refractivity contribution in [1.82, 2.24) is 4.98 Å². The summed E-state index contributed by atoms with van der Waals surface area (Å²) >= 11 is 1.93. The van der Waals surface area contributed by atoms with Crippen LogP contribution in [0.4, 0.5) is 10.1 Å². The van der Waals surface area contributed by atoms with E-state index in [0.29, 0.717) is 28.3 Å². The summed E-state index contributed by atoms with van der Waals surface area (Å²) < 4.78 is 20.0. The first-order chi connectivity index (χ1) is 11.9. The van der Waals surface area contributed by atoms with E-state index in [-0.39, 0.29) is 5.69 Å². The van der Waals surface area contributed by atoms with Crippen molar-refractivity contribution in [3.05, 3.63) is 57.2 Å². The molecule has 2 aromatic rings. The van der Waals surface area contributed by atoms with E-state index in [0.717, 1.165) is 5.56 Å². The first-order valence-corrected chi connectivity index (χ1v) is 8.60. The summed E-state index contributed by atoms with van der Waals surface area (Å²) in [6.07, 6.45) is 1.44. The van der Waals surface area contributed by atoms with Crippen molar-refractivity contribution in [2.45, 2.75) is 12.5 Å². The predicted molar refractivity (Wildman–Crippen MR) is 101 cm³/mol. The minimum atomic E-state index is -0.662. The molecule has 8 heteroatoms. The molecular formula is C17H16FIN4O2. The predicted octanol–water partition coefficient (Wildman–Crippen LogP) is 2.68. The number of halogens is 2. The van der Waals surface area contributed by atoms with Crippen LogP contribution in [0.15, 0.2) is 41.5 Å². The highest BCUT2D eigenvalue weighted by molar-refractivity contribution is 14.1. The maximum Gasteiger partial charge on any atom is 0.277 e. The van der Waals surface area contributed by atoms with E-state index in [1.54, 1.807) is 18.2 Å². The number of pyridine rings is 1. The fraction of sp³-hybridized carbons (Fsp3) is 0.235. The van der Waals surface area contributed by atoms with Crippen molar-refractivity contribution in [3.63, 3.8) is 0 Å². The van der Waals surface area contributed by atoms with Crippen LogP contribution in [0.2, 0.25) is 0 Å². The largest absolute Gasteiger partial charge is 0.386 e. The molecule has 1 amide bonds. The third-order valence-electron chi connectivity index (χ3n) is 3.79. The molecule has 3 N–H and O–H groups in total. The Morgan fingerprint density at radius 1 is 1.44 bits per heavy atom. The van der Waals surface area contributed by atoms with Gasteiger partial charge in [0, 0.05) is 15.5 Å². The standard InChI is InChI=1S/C17H16FIN4O2/c1-17(9-25-8-14(20)23-17)10-3-2-4-12(5-10)22-16(24)15-13(18)6-11(19)7-21-15/h2-7H,8-9H2,1H3,(H2,20,23)(H,22,24). The third kappa shape index (κ3) is 3.96. The zero-order valence-electron chi connectivity index (χ0n) is 13.4. The molecule has 0 bridgehead atoms. The van der Waals surface area contributed by atoms with Crippen LogP contribution < -0.4 is 11.1 Å². The molecule has 130 valence electrons. The van der Waals surface area contributed by atoms with Gasteiger partial charge in [0.25, 0.3) is 5.91 Å². The Morgan fingerprint density at radius 3 is 2.96 bits per heavy atom. The maximum atomic E-state index is 13.9. The Labute approximate surface area is 157 Å². The number of hydrogen-bond donors (Lipinski definition) is 2. The minimum absolute atomic E-state index is 0.250. The number of anilines is 1. The second-order valence-corrected chi connectivity index (χ2v) is 7.13. The van der Waals surface area contributed by atoms with E-state index >= 15 is 0 Å². The van der Waals surface area contributed by atoms with Gasteiger partial charge >= 0.3 is 0 Å². The Balaban J connectivity index is 1.85. The topological polar surface area (TPSA) is 89.6 Å². The molecule has 0 fully saturated rings. The maximum absolute atomic E-state index is 13.9. The summed E-state index contributed by atoms with van der Waals surface area (Å²) in [6.45, 7) is 2.60. The average molecular weight is 454 g/mol. The number of nitrogens with zero attached hydrogens (tertiary/aromatic N) is 2. The normalized spacial score (nSPS) is 20.0. The number of rotatable bonds is 3. The summed E-state index contributed by atoms with van der Waals surface area (Å²) in [5.41, 5.74) is 6.25. The fourth-order valence-corrected chi connectivity index (χ4v) is 3.00. The quantitative estimate of drug-likeness (QED) is 0.699. The van der Waals surface area contributed by atoms with Crippen LogP contribution in [0.3, 0.4) is 0 Å². The van der Waals surface area contributed by atoms with Gasteiger partial charge < -0.3 is 15.8 Å². The number of benzene rings is 1. The molecule has 1 aromatic heterocycles. The van der Waals surface area contributed by atoms with E-state index in [1.807, 2.05) is 35.6 Å². The molecule has 1 aliphatic heterocycles. The van der Waals surface area contributed by atoms with Gasteiger partial charge in [-0.05, 0) is 53.3 Å². The first-order valence-electron chi connectivity index (χ1n) is 7.52. The Kier molecular flexibility index (Phi) is 5.00. The molecule has 1 atom stereocenters. The monoisotopic (exact) mass is 454 g/mol. The van der Waals surface area contributed by atoms with Crippen LogP contribution in [-0.2, 0) is 10.3 Å². The number of nitrogens with one attached hydrogen (secondary N) is 1. The lowest BCUT2D eigenvalue weighted by Gasteiger charge is -2.30. The zero-order chi connectivity index (χ0) is 18.0. The highest BCUT2D eigenvalue weighted by Crippen LogP contribution is 2.30. The van der Waals surface area contributed by atoms with E-state index in [9.17, 15) is 9.18 Å². The van der Waals surface area contributed by atoms with Gasteiger partial charge in [-0.15, -0.1) is 0 Å². The first kappa shape index (κ1) is 17.7. The Bertz CT molecular complexity index is 858. The van der Waals surface area contributed by atoms with Crippen LogP contribution in [0.5, 0.6) is 0 Å². The molecule has 0 radical (unpaired) electrons. The zero-order valence-corrected chi connectivity index (χ0v) is 15.6. The molecular weight excluding hydrogens is 438 g/mol. The number of hydrogen-bond acceptors (Lipinski definition) is 5. The highest BCUT2D eigenvalue weighted by atomic mass is 127. The third-order valence-corrected chi connectivity index (χ3v) is 4.38. The molecule has 1 aliphatic rings. The van der Waals surface area contributed by atoms with Crippen molar-refractivity contribution in [1.29, 1.82) is 0 Å². The van der Waals surface area contributed by atoms with Gasteiger partial charge in [0.05, 0.1) is 6.61 Å². The van der Waals surface area contributed by atoms with Crippen LogP contribution in [0.1, 0.15) is 23.0 Å². The van der Waals surface area contributed by atoms with Crippen molar-refractivity contribution < 1.29 is 13.9 Å². The number of carbonyl (C=O) groups excluding carboxylic acids is 1. The molecule has 6 nitrogen and oxygen atoms in total. The second-order valence-electron chi connectivity index (χ2n) is 5.89. The van der Waals surface area contributed by atoms with Crippen molar-refractivity contribution in [2.75, 3.05) is 18.5 Å². The lowest BCUT2D eigenvalue weighted by atomic mass is 9.92. The lowest BCUT2D eigenvalue weighted by Crippen LogP contribution is -2.37. The average Bonchev–Trinajstić information content (AvgIpc) is 2.54. The van der Waals surface area contributed by atoms with Gasteiger partial charge in [0.15, 0.2) is 11.5 Å². The van der Waals surface area contributed by atoms with Crippen LogP contribution in [-0.4, -0.2) is 29.9 Å². The molecule has 0 aliphatic carbocycles. The van der Waals surface area contributed by atoms with E-state index < -0.39 is 17.3 Å². The lowest BCUT2D eigenvalue weighted by molar-refractivity contribution is 0.101. The molecule has 3 rings (SSSR count). The summed E-state index contributed by atoms with van der Waals surface area (Å²) in [5.74, 6) is -0.849. The van der Waals surface area contributed by atoms with Gasteiger partial charge in [0.1, 0.15) is 18.0 Å².